The van der Waals surface area contributed by atoms with E-state index < -0.39 is 6.04 Å². The molecule has 4 fully saturated rings. The number of nitrogens with one attached hydrogen (secondary N) is 2. The second-order valence-electron chi connectivity index (χ2n) is 17.4. The fourth-order valence-corrected chi connectivity index (χ4v) is 10.4. The van der Waals surface area contributed by atoms with Crippen LogP contribution in [-0.4, -0.2) is 141 Å². The van der Waals surface area contributed by atoms with E-state index >= 15 is 0 Å². The Hall–Kier alpha value is -5.15. The van der Waals surface area contributed by atoms with Crippen LogP contribution in [0, 0.1) is 5.92 Å². The molecule has 1 aromatic heterocycles. The van der Waals surface area contributed by atoms with Gasteiger partial charge in [0.2, 0.25) is 11.8 Å². The summed E-state index contributed by atoms with van der Waals surface area (Å²) < 4.78 is 0. The fraction of sp³-hybridized carbons (Fsp3) is 0.535. The number of aromatic nitrogens is 2. The lowest BCUT2D eigenvalue weighted by Crippen LogP contribution is -2.70. The minimum atomic E-state index is -0.612. The van der Waals surface area contributed by atoms with Gasteiger partial charge in [0.15, 0.2) is 5.82 Å². The molecule has 312 valence electrons. The summed E-state index contributed by atoms with van der Waals surface area (Å²) >= 11 is 6.22. The number of carbonyl (C=O) groups is 4. The summed E-state index contributed by atoms with van der Waals surface area (Å²) in [6.45, 7) is 13.8. The normalized spacial score (nSPS) is 26.3. The van der Waals surface area contributed by atoms with E-state index in [0.717, 1.165) is 62.4 Å². The second-order valence-corrected chi connectivity index (χ2v) is 17.8. The Labute approximate surface area is 349 Å². The van der Waals surface area contributed by atoms with Gasteiger partial charge in [-0.1, -0.05) is 30.7 Å². The standard InChI is InChI=1S/C43H53ClN10O5/c1-4-43-24-45-39-36(19-34(47-48-39)31-6-5-7-33(44)38(31)56)54(43)17-16-50(25-43)42(59)52-21-26(2)51(20-27(52)3)22-28-12-14-49(15-13-28)30-9-8-29-23-53(41(58)32(29)18-30)35-10-11-37(55)46-40(35)57/h5-9,18-19,26-28,35,56H,4,10-17,20-25H2,1-3H3,(H,45,48)(H,46,55,57)/t26-,27+,35-,43?/m0/s1. The van der Waals surface area contributed by atoms with Crippen molar-refractivity contribution in [1.82, 2.24) is 35.1 Å². The summed E-state index contributed by atoms with van der Waals surface area (Å²) in [7, 11) is 0. The Morgan fingerprint density at radius 3 is 2.56 bits per heavy atom. The van der Waals surface area contributed by atoms with Gasteiger partial charge in [0.1, 0.15) is 11.8 Å². The summed E-state index contributed by atoms with van der Waals surface area (Å²) in [5, 5.41) is 25.7. The first-order valence-electron chi connectivity index (χ1n) is 21.1. The third-order valence-corrected chi connectivity index (χ3v) is 14.1. The molecule has 3 N–H and O–H groups in total. The largest absolute Gasteiger partial charge is 0.506 e. The van der Waals surface area contributed by atoms with E-state index in [0.29, 0.717) is 74.2 Å². The maximum Gasteiger partial charge on any atom is 0.320 e. The van der Waals surface area contributed by atoms with Gasteiger partial charge in [0, 0.05) is 101 Å². The molecule has 7 heterocycles. The number of fused-ring (bicyclic) bond motifs is 4. The number of rotatable bonds is 6. The number of benzene rings is 2. The van der Waals surface area contributed by atoms with Crippen molar-refractivity contribution in [2.45, 2.75) is 83.1 Å². The van der Waals surface area contributed by atoms with Gasteiger partial charge in [0.25, 0.3) is 5.91 Å². The number of para-hydroxylation sites is 1. The average Bonchev–Trinajstić information content (AvgIpc) is 3.57. The van der Waals surface area contributed by atoms with E-state index in [1.54, 1.807) is 23.1 Å². The molecule has 4 saturated heterocycles. The van der Waals surface area contributed by atoms with Crippen LogP contribution in [0.1, 0.15) is 68.8 Å². The molecule has 1 unspecified atom stereocenters. The third-order valence-electron chi connectivity index (χ3n) is 13.8. The molecule has 3 aromatic rings. The molecule has 16 heteroatoms. The molecule has 0 aliphatic carbocycles. The van der Waals surface area contributed by atoms with Gasteiger partial charge < -0.3 is 34.9 Å². The molecule has 0 spiro atoms. The lowest BCUT2D eigenvalue weighted by atomic mass is 9.87. The van der Waals surface area contributed by atoms with Crippen LogP contribution in [0.2, 0.25) is 5.02 Å². The van der Waals surface area contributed by atoms with E-state index in [2.05, 4.69) is 67.3 Å². The molecule has 0 bridgehead atoms. The number of hydrogen-bond acceptors (Lipinski definition) is 11. The quantitative estimate of drug-likeness (QED) is 0.303. The number of hydrogen-bond donors (Lipinski definition) is 3. The van der Waals surface area contributed by atoms with Crippen molar-refractivity contribution in [3.05, 3.63) is 58.6 Å². The number of amides is 5. The molecule has 2 aromatic carbocycles. The number of piperazine rings is 2. The van der Waals surface area contributed by atoms with Crippen molar-refractivity contribution in [3.8, 4) is 17.0 Å². The molecule has 6 aliphatic rings. The first kappa shape index (κ1) is 39.3. The molecule has 9 rings (SSSR count). The SMILES string of the molecule is CCC12CNc3nnc(-c4cccc(Cl)c4O)cc3N1CCN(C(=O)N1C[C@H](C)N(CC3CCN(c4ccc5c(c4)C(=O)N([C@H]4CCC(=O)NC4=O)C5)CC3)C[C@H]1C)C2. The molecule has 4 atom stereocenters. The Kier molecular flexibility index (Phi) is 10.3. The van der Waals surface area contributed by atoms with E-state index in [1.165, 1.54) is 0 Å². The Morgan fingerprint density at radius 1 is 0.966 bits per heavy atom. The fourth-order valence-electron chi connectivity index (χ4n) is 10.3. The lowest BCUT2D eigenvalue weighted by Gasteiger charge is -2.55. The Balaban J connectivity index is 0.792. The van der Waals surface area contributed by atoms with Crippen LogP contribution in [0.25, 0.3) is 11.3 Å². The van der Waals surface area contributed by atoms with E-state index in [1.807, 2.05) is 23.1 Å². The van der Waals surface area contributed by atoms with Crippen LogP contribution in [0.15, 0.2) is 42.5 Å². The topological polar surface area (TPSA) is 158 Å². The van der Waals surface area contributed by atoms with Crippen LogP contribution in [0.4, 0.5) is 22.0 Å². The summed E-state index contributed by atoms with van der Waals surface area (Å²) in [5.74, 6) is 0.399. The zero-order valence-electron chi connectivity index (χ0n) is 34.0. The number of urea groups is 1. The summed E-state index contributed by atoms with van der Waals surface area (Å²) in [5.41, 5.74) is 4.26. The molecule has 6 aliphatic heterocycles. The smallest absolute Gasteiger partial charge is 0.320 e. The van der Waals surface area contributed by atoms with Gasteiger partial charge in [-0.05, 0) is 81.3 Å². The molecule has 15 nitrogen and oxygen atoms in total. The number of aromatic hydroxyl groups is 1. The van der Waals surface area contributed by atoms with Crippen LogP contribution in [-0.2, 0) is 16.1 Å². The van der Waals surface area contributed by atoms with Gasteiger partial charge in [-0.25, -0.2) is 4.79 Å². The van der Waals surface area contributed by atoms with Crippen molar-refractivity contribution in [2.24, 2.45) is 5.92 Å². The molecule has 59 heavy (non-hydrogen) atoms. The number of nitrogens with zero attached hydrogens (tertiary/aromatic N) is 8. The predicted octanol–water partition coefficient (Wildman–Crippen LogP) is 4.39. The monoisotopic (exact) mass is 824 g/mol. The summed E-state index contributed by atoms with van der Waals surface area (Å²) in [6.07, 6.45) is 3.52. The van der Waals surface area contributed by atoms with Gasteiger partial charge in [-0.2, -0.15) is 0 Å². The molecular weight excluding hydrogens is 772 g/mol. The maximum atomic E-state index is 14.4. The van der Waals surface area contributed by atoms with E-state index in [4.69, 9.17) is 11.6 Å². The molecular formula is C43H53ClN10O5. The highest BCUT2D eigenvalue weighted by atomic mass is 35.5. The van der Waals surface area contributed by atoms with Crippen LogP contribution in [0.5, 0.6) is 5.75 Å². The number of imide groups is 1. The third kappa shape index (κ3) is 7.09. The predicted molar refractivity (Wildman–Crippen MR) is 225 cm³/mol. The first-order chi connectivity index (χ1) is 28.4. The molecule has 5 amide bonds. The Morgan fingerprint density at radius 2 is 1.78 bits per heavy atom. The van der Waals surface area contributed by atoms with Crippen molar-refractivity contribution < 1.29 is 24.3 Å². The van der Waals surface area contributed by atoms with Gasteiger partial charge >= 0.3 is 6.03 Å². The van der Waals surface area contributed by atoms with Crippen molar-refractivity contribution in [2.75, 3.05) is 74.0 Å². The highest BCUT2D eigenvalue weighted by Crippen LogP contribution is 2.42. The van der Waals surface area contributed by atoms with Crippen LogP contribution < -0.4 is 20.4 Å². The minimum absolute atomic E-state index is 0.0209. The zero-order valence-corrected chi connectivity index (χ0v) is 34.7. The highest BCUT2D eigenvalue weighted by molar-refractivity contribution is 6.32. The second kappa shape index (κ2) is 15.5. The minimum Gasteiger partial charge on any atom is -0.506 e. The summed E-state index contributed by atoms with van der Waals surface area (Å²) in [6, 6.07) is 13.0. The number of halogens is 1. The van der Waals surface area contributed by atoms with Gasteiger partial charge in [-0.15, -0.1) is 10.2 Å². The van der Waals surface area contributed by atoms with Crippen molar-refractivity contribution in [3.63, 3.8) is 0 Å². The highest BCUT2D eigenvalue weighted by Gasteiger charge is 2.47. The van der Waals surface area contributed by atoms with Crippen molar-refractivity contribution in [1.29, 1.82) is 0 Å². The maximum absolute atomic E-state index is 14.4. The van der Waals surface area contributed by atoms with Gasteiger partial charge in [0.05, 0.1) is 21.9 Å². The number of carbonyl (C=O) groups excluding carboxylic acids is 4. The number of phenols is 1. The molecule has 0 saturated carbocycles. The van der Waals surface area contributed by atoms with E-state index in [-0.39, 0.29) is 58.6 Å². The molecule has 0 radical (unpaired) electrons. The lowest BCUT2D eigenvalue weighted by molar-refractivity contribution is -0.136. The van der Waals surface area contributed by atoms with Gasteiger partial charge in [-0.3, -0.25) is 24.6 Å². The first-order valence-corrected chi connectivity index (χ1v) is 21.5. The summed E-state index contributed by atoms with van der Waals surface area (Å²) in [4.78, 5) is 65.0. The number of phenolic OH excluding ortho intramolecular Hbond substituents is 1. The number of piperidine rings is 2. The van der Waals surface area contributed by atoms with Crippen LogP contribution in [0.3, 0.4) is 0 Å². The van der Waals surface area contributed by atoms with Crippen molar-refractivity contribution >= 4 is 52.5 Å². The average molecular weight is 825 g/mol. The van der Waals surface area contributed by atoms with Crippen LogP contribution >= 0.6 is 11.6 Å². The zero-order chi connectivity index (χ0) is 41.2. The Bertz CT molecular complexity index is 2180. The van der Waals surface area contributed by atoms with E-state index in [9.17, 15) is 24.3 Å². The number of anilines is 3.